The maximum absolute atomic E-state index is 13.6. The van der Waals surface area contributed by atoms with E-state index in [-0.39, 0.29) is 18.3 Å². The molecule has 5 nitrogen and oxygen atoms in total. The first-order valence-corrected chi connectivity index (χ1v) is 8.83. The van der Waals surface area contributed by atoms with E-state index in [2.05, 4.69) is 15.5 Å². The Morgan fingerprint density at radius 1 is 1.23 bits per heavy atom. The van der Waals surface area contributed by atoms with Crippen LogP contribution in [0.3, 0.4) is 0 Å². The van der Waals surface area contributed by atoms with Crippen LogP contribution < -0.4 is 15.5 Å². The molecule has 0 aromatic heterocycles. The van der Waals surface area contributed by atoms with E-state index in [4.69, 9.17) is 16.3 Å². The molecule has 1 aliphatic heterocycles. The summed E-state index contributed by atoms with van der Waals surface area (Å²) in [6, 6.07) is 10.2. The van der Waals surface area contributed by atoms with E-state index < -0.39 is 0 Å². The predicted molar refractivity (Wildman–Crippen MR) is 103 cm³/mol. The van der Waals surface area contributed by atoms with Crippen molar-refractivity contribution in [3.63, 3.8) is 0 Å². The number of benzene rings is 2. The first-order valence-electron chi connectivity index (χ1n) is 8.45. The van der Waals surface area contributed by atoms with Crippen LogP contribution in [0.1, 0.15) is 5.56 Å². The Bertz CT molecular complexity index is 794. The lowest BCUT2D eigenvalue weighted by molar-refractivity contribution is -0.114. The highest BCUT2D eigenvalue weighted by Gasteiger charge is 2.15. The monoisotopic (exact) mass is 377 g/mol. The van der Waals surface area contributed by atoms with Gasteiger partial charge in [0.05, 0.1) is 31.1 Å². The molecule has 1 heterocycles. The number of nitrogens with zero attached hydrogens (tertiary/aromatic N) is 1. The number of amides is 1. The highest BCUT2D eigenvalue weighted by atomic mass is 35.5. The summed E-state index contributed by atoms with van der Waals surface area (Å²) >= 11 is 6.11. The molecular weight excluding hydrogens is 357 g/mol. The largest absolute Gasteiger partial charge is 0.378 e. The Balaban J connectivity index is 1.65. The van der Waals surface area contributed by atoms with Gasteiger partial charge in [0.15, 0.2) is 0 Å². The second-order valence-electron chi connectivity index (χ2n) is 6.13. The summed E-state index contributed by atoms with van der Waals surface area (Å²) < 4.78 is 19.0. The topological polar surface area (TPSA) is 53.6 Å². The minimum absolute atomic E-state index is 0.0488. The summed E-state index contributed by atoms with van der Waals surface area (Å²) in [5, 5.41) is 6.40. The van der Waals surface area contributed by atoms with Gasteiger partial charge in [-0.3, -0.25) is 4.79 Å². The van der Waals surface area contributed by atoms with Gasteiger partial charge < -0.3 is 20.3 Å². The number of anilines is 3. The van der Waals surface area contributed by atoms with E-state index in [9.17, 15) is 9.18 Å². The Morgan fingerprint density at radius 2 is 2.00 bits per heavy atom. The lowest BCUT2D eigenvalue weighted by Crippen LogP contribution is -2.36. The van der Waals surface area contributed by atoms with Crippen LogP contribution in [-0.2, 0) is 9.53 Å². The van der Waals surface area contributed by atoms with Crippen molar-refractivity contribution in [1.29, 1.82) is 0 Å². The Morgan fingerprint density at radius 3 is 2.73 bits per heavy atom. The first-order chi connectivity index (χ1) is 12.5. The maximum atomic E-state index is 13.6. The van der Waals surface area contributed by atoms with E-state index in [1.807, 2.05) is 12.1 Å². The molecular formula is C19H21ClFN3O2. The molecule has 0 bridgehead atoms. The van der Waals surface area contributed by atoms with Gasteiger partial charge in [-0.05, 0) is 42.8 Å². The van der Waals surface area contributed by atoms with E-state index in [1.165, 1.54) is 6.07 Å². The maximum Gasteiger partial charge on any atom is 0.243 e. The summed E-state index contributed by atoms with van der Waals surface area (Å²) in [6.07, 6.45) is 0. The van der Waals surface area contributed by atoms with Gasteiger partial charge in [0.25, 0.3) is 0 Å². The second kappa shape index (κ2) is 8.38. The molecule has 0 unspecified atom stereocenters. The average molecular weight is 378 g/mol. The highest BCUT2D eigenvalue weighted by molar-refractivity contribution is 6.31. The van der Waals surface area contributed by atoms with Crippen molar-refractivity contribution in [2.45, 2.75) is 6.92 Å². The lowest BCUT2D eigenvalue weighted by Gasteiger charge is -2.30. The van der Waals surface area contributed by atoms with Crippen molar-refractivity contribution in [3.8, 4) is 0 Å². The minimum atomic E-state index is -0.347. The molecule has 2 aromatic rings. The fourth-order valence-corrected chi connectivity index (χ4v) is 2.95. The van der Waals surface area contributed by atoms with Gasteiger partial charge in [-0.15, -0.1) is 0 Å². The van der Waals surface area contributed by atoms with Gasteiger partial charge >= 0.3 is 0 Å². The van der Waals surface area contributed by atoms with Crippen molar-refractivity contribution >= 4 is 34.6 Å². The van der Waals surface area contributed by atoms with Gasteiger partial charge in [-0.2, -0.15) is 0 Å². The number of aryl methyl sites for hydroxylation is 1. The number of rotatable bonds is 5. The van der Waals surface area contributed by atoms with E-state index in [0.717, 1.165) is 24.5 Å². The number of carbonyl (C=O) groups excluding carboxylic acids is 1. The molecule has 1 aliphatic rings. The van der Waals surface area contributed by atoms with E-state index >= 15 is 0 Å². The average Bonchev–Trinajstić information content (AvgIpc) is 2.64. The zero-order valence-electron chi connectivity index (χ0n) is 14.5. The minimum Gasteiger partial charge on any atom is -0.378 e. The first kappa shape index (κ1) is 18.5. The predicted octanol–water partition coefficient (Wildman–Crippen LogP) is 3.67. The molecule has 0 atom stereocenters. The van der Waals surface area contributed by atoms with Crippen LogP contribution in [-0.4, -0.2) is 38.8 Å². The molecule has 0 radical (unpaired) electrons. The van der Waals surface area contributed by atoms with Crippen molar-refractivity contribution in [3.05, 3.63) is 52.8 Å². The van der Waals surface area contributed by atoms with Gasteiger partial charge in [-0.25, -0.2) is 4.39 Å². The third-order valence-electron chi connectivity index (χ3n) is 4.21. The van der Waals surface area contributed by atoms with Crippen LogP contribution in [0.2, 0.25) is 5.02 Å². The van der Waals surface area contributed by atoms with E-state index in [0.29, 0.717) is 29.5 Å². The van der Waals surface area contributed by atoms with Crippen molar-refractivity contribution in [2.24, 2.45) is 0 Å². The Labute approximate surface area is 157 Å². The molecule has 1 amide bonds. The molecule has 2 N–H and O–H groups in total. The standard InChI is InChI=1S/C19H21ClFN3O2/c1-13-2-4-15(11-16(13)21)23-19(25)12-22-17-10-14(20)3-5-18(17)24-6-8-26-9-7-24/h2-5,10-11,22H,6-9,12H2,1H3,(H,23,25). The van der Waals surface area contributed by atoms with Gasteiger partial charge in [0, 0.05) is 23.8 Å². The molecule has 7 heteroatoms. The third kappa shape index (κ3) is 4.65. The fraction of sp³-hybridized carbons (Fsp3) is 0.316. The smallest absolute Gasteiger partial charge is 0.243 e. The Kier molecular flexibility index (Phi) is 5.96. The fourth-order valence-electron chi connectivity index (χ4n) is 2.78. The molecule has 2 aromatic carbocycles. The number of hydrogen-bond donors (Lipinski definition) is 2. The van der Waals surface area contributed by atoms with Crippen molar-refractivity contribution in [2.75, 3.05) is 48.4 Å². The number of nitrogens with one attached hydrogen (secondary N) is 2. The van der Waals surface area contributed by atoms with Crippen LogP contribution in [0.15, 0.2) is 36.4 Å². The van der Waals surface area contributed by atoms with Crippen molar-refractivity contribution in [1.82, 2.24) is 0 Å². The Hall–Kier alpha value is -2.31. The molecule has 138 valence electrons. The van der Waals surface area contributed by atoms with E-state index in [1.54, 1.807) is 25.1 Å². The zero-order chi connectivity index (χ0) is 18.5. The van der Waals surface area contributed by atoms with Crippen LogP contribution in [0.4, 0.5) is 21.5 Å². The molecule has 1 saturated heterocycles. The molecule has 0 aliphatic carbocycles. The van der Waals surface area contributed by atoms with Crippen LogP contribution in [0, 0.1) is 12.7 Å². The molecule has 0 spiro atoms. The normalized spacial score (nSPS) is 14.2. The highest BCUT2D eigenvalue weighted by Crippen LogP contribution is 2.29. The molecule has 0 saturated carbocycles. The molecule has 1 fully saturated rings. The number of hydrogen-bond acceptors (Lipinski definition) is 4. The number of morpholine rings is 1. The summed E-state index contributed by atoms with van der Waals surface area (Å²) in [5.74, 6) is -0.610. The summed E-state index contributed by atoms with van der Waals surface area (Å²) in [6.45, 7) is 4.63. The van der Waals surface area contributed by atoms with Gasteiger partial charge in [-0.1, -0.05) is 17.7 Å². The summed E-state index contributed by atoms with van der Waals surface area (Å²) in [4.78, 5) is 14.4. The van der Waals surface area contributed by atoms with Crippen LogP contribution >= 0.6 is 11.6 Å². The second-order valence-corrected chi connectivity index (χ2v) is 6.56. The number of halogens is 2. The SMILES string of the molecule is Cc1ccc(NC(=O)CNc2cc(Cl)ccc2N2CCOCC2)cc1F. The quantitative estimate of drug-likeness (QED) is 0.834. The number of ether oxygens (including phenoxy) is 1. The van der Waals surface area contributed by atoms with Crippen LogP contribution in [0.25, 0.3) is 0 Å². The summed E-state index contributed by atoms with van der Waals surface area (Å²) in [7, 11) is 0. The van der Waals surface area contributed by atoms with Crippen molar-refractivity contribution < 1.29 is 13.9 Å². The molecule has 26 heavy (non-hydrogen) atoms. The summed E-state index contributed by atoms with van der Waals surface area (Å²) in [5.41, 5.74) is 2.73. The van der Waals surface area contributed by atoms with Crippen LogP contribution in [0.5, 0.6) is 0 Å². The number of carbonyl (C=O) groups is 1. The van der Waals surface area contributed by atoms with Gasteiger partial charge in [0.1, 0.15) is 5.82 Å². The lowest BCUT2D eigenvalue weighted by atomic mass is 10.2. The van der Waals surface area contributed by atoms with Gasteiger partial charge in [0.2, 0.25) is 5.91 Å². The third-order valence-corrected chi connectivity index (χ3v) is 4.44. The molecule has 3 rings (SSSR count). The zero-order valence-corrected chi connectivity index (χ0v) is 15.3.